The Hall–Kier alpha value is -1.77. The summed E-state index contributed by atoms with van der Waals surface area (Å²) in [4.78, 5) is 29.9. The van der Waals surface area contributed by atoms with Crippen LogP contribution in [0.2, 0.25) is 0 Å². The fraction of sp³-hybridized carbons (Fsp3) is 0.462. The van der Waals surface area contributed by atoms with Crippen LogP contribution in [0.15, 0.2) is 16.2 Å². The van der Waals surface area contributed by atoms with Crippen molar-refractivity contribution < 1.29 is 15.0 Å². The highest BCUT2D eigenvalue weighted by molar-refractivity contribution is 7.15. The Kier molecular flexibility index (Phi) is 3.52. The number of β-amino-alcohol motifs (C(OH)–C–C–N with tert-alkyl or cyclic N) is 1. The average molecular weight is 309 g/mol. The average Bonchev–Trinajstić information content (AvgIpc) is 2.93. The molecule has 7 nitrogen and oxygen atoms in total. The summed E-state index contributed by atoms with van der Waals surface area (Å²) in [6.07, 6.45) is -0.450. The summed E-state index contributed by atoms with van der Waals surface area (Å²) < 4.78 is 1.53. The molecule has 1 aliphatic rings. The van der Waals surface area contributed by atoms with Crippen molar-refractivity contribution in [3.8, 4) is 0 Å². The van der Waals surface area contributed by atoms with Gasteiger partial charge in [0.05, 0.1) is 11.8 Å². The number of carboxylic acid groups (broad SMARTS) is 1. The summed E-state index contributed by atoms with van der Waals surface area (Å²) in [5.74, 6) is -0.962. The van der Waals surface area contributed by atoms with E-state index < -0.39 is 18.1 Å². The second-order valence-corrected chi connectivity index (χ2v) is 6.09. The Morgan fingerprint density at radius 3 is 3.05 bits per heavy atom. The number of carboxylic acids is 1. The molecule has 2 unspecified atom stereocenters. The molecule has 2 N–H and O–H groups in total. The number of hydrogen-bond donors (Lipinski definition) is 2. The first-order valence-electron chi connectivity index (χ1n) is 6.57. The molecule has 1 aliphatic heterocycles. The minimum atomic E-state index is -0.962. The molecule has 0 aliphatic carbocycles. The van der Waals surface area contributed by atoms with Crippen LogP contribution in [0.25, 0.3) is 4.96 Å². The Balaban J connectivity index is 1.91. The van der Waals surface area contributed by atoms with Gasteiger partial charge >= 0.3 is 5.97 Å². The van der Waals surface area contributed by atoms with Crippen molar-refractivity contribution >= 4 is 22.3 Å². The SMILES string of the molecule is Cc1csc2nc(CN3CC(O)CC3C(=O)O)cc(=O)n12. The summed E-state index contributed by atoms with van der Waals surface area (Å²) >= 11 is 1.38. The second-order valence-electron chi connectivity index (χ2n) is 5.25. The van der Waals surface area contributed by atoms with Crippen molar-refractivity contribution in [3.05, 3.63) is 33.2 Å². The molecule has 2 aromatic rings. The zero-order valence-corrected chi connectivity index (χ0v) is 12.2. The molecule has 1 fully saturated rings. The third-order valence-corrected chi connectivity index (χ3v) is 4.60. The maximum atomic E-state index is 12.1. The van der Waals surface area contributed by atoms with E-state index in [9.17, 15) is 19.8 Å². The van der Waals surface area contributed by atoms with Crippen LogP contribution in [0.5, 0.6) is 0 Å². The maximum absolute atomic E-state index is 12.1. The summed E-state index contributed by atoms with van der Waals surface area (Å²) in [7, 11) is 0. The van der Waals surface area contributed by atoms with Gasteiger partial charge in [0.15, 0.2) is 4.96 Å². The van der Waals surface area contributed by atoms with Gasteiger partial charge in [-0.15, -0.1) is 11.3 Å². The number of aryl methyl sites for hydroxylation is 1. The van der Waals surface area contributed by atoms with Gasteiger partial charge in [0.25, 0.3) is 5.56 Å². The number of rotatable bonds is 3. The van der Waals surface area contributed by atoms with Gasteiger partial charge in [-0.2, -0.15) is 0 Å². The first-order chi connectivity index (χ1) is 9.95. The van der Waals surface area contributed by atoms with Crippen LogP contribution in [0.3, 0.4) is 0 Å². The zero-order chi connectivity index (χ0) is 15.1. The second kappa shape index (κ2) is 5.21. The number of aromatic nitrogens is 2. The third-order valence-electron chi connectivity index (χ3n) is 3.66. The van der Waals surface area contributed by atoms with E-state index in [2.05, 4.69) is 4.98 Å². The van der Waals surface area contributed by atoms with Crippen LogP contribution in [0, 0.1) is 6.92 Å². The van der Waals surface area contributed by atoms with Gasteiger partial charge in [-0.05, 0) is 6.92 Å². The molecule has 1 saturated heterocycles. The van der Waals surface area contributed by atoms with Crippen LogP contribution < -0.4 is 5.56 Å². The fourth-order valence-corrected chi connectivity index (χ4v) is 3.59. The minimum absolute atomic E-state index is 0.166. The molecule has 3 rings (SSSR count). The van der Waals surface area contributed by atoms with E-state index in [4.69, 9.17) is 0 Å². The number of aliphatic carboxylic acids is 1. The molecule has 2 aromatic heterocycles. The van der Waals surface area contributed by atoms with Crippen molar-refractivity contribution in [2.24, 2.45) is 0 Å². The third kappa shape index (κ3) is 2.57. The summed E-state index contributed by atoms with van der Waals surface area (Å²) in [6, 6.07) is 0.696. The van der Waals surface area contributed by atoms with Gasteiger partial charge < -0.3 is 10.2 Å². The molecule has 0 bridgehead atoms. The lowest BCUT2D eigenvalue weighted by atomic mass is 10.2. The van der Waals surface area contributed by atoms with E-state index in [-0.39, 0.29) is 25.1 Å². The summed E-state index contributed by atoms with van der Waals surface area (Å²) in [6.45, 7) is 2.36. The lowest BCUT2D eigenvalue weighted by molar-refractivity contribution is -0.142. The van der Waals surface area contributed by atoms with Crippen LogP contribution in [0.4, 0.5) is 0 Å². The predicted octanol–water partition coefficient (Wildman–Crippen LogP) is 0.0842. The monoisotopic (exact) mass is 309 g/mol. The molecule has 8 heteroatoms. The highest BCUT2D eigenvalue weighted by atomic mass is 32.1. The topological polar surface area (TPSA) is 95.1 Å². The summed E-state index contributed by atoms with van der Waals surface area (Å²) in [5, 5.41) is 20.7. The molecule has 0 saturated carbocycles. The lowest BCUT2D eigenvalue weighted by Gasteiger charge is -2.19. The first kappa shape index (κ1) is 14.2. The van der Waals surface area contributed by atoms with E-state index in [0.29, 0.717) is 10.7 Å². The van der Waals surface area contributed by atoms with Gasteiger partial charge in [-0.1, -0.05) is 0 Å². The minimum Gasteiger partial charge on any atom is -0.480 e. The molecule has 0 aromatic carbocycles. The van der Waals surface area contributed by atoms with Crippen LogP contribution in [0.1, 0.15) is 17.8 Å². The lowest BCUT2D eigenvalue weighted by Crippen LogP contribution is -2.36. The molecule has 112 valence electrons. The number of aliphatic hydroxyl groups excluding tert-OH is 1. The Bertz CT molecular complexity index is 753. The van der Waals surface area contributed by atoms with Crippen LogP contribution >= 0.6 is 11.3 Å². The molecule has 0 radical (unpaired) electrons. The van der Waals surface area contributed by atoms with Crippen molar-refractivity contribution in [1.82, 2.24) is 14.3 Å². The van der Waals surface area contributed by atoms with Crippen LogP contribution in [-0.2, 0) is 11.3 Å². The number of thiazole rings is 1. The Morgan fingerprint density at radius 1 is 1.57 bits per heavy atom. The van der Waals surface area contributed by atoms with E-state index in [1.807, 2.05) is 12.3 Å². The van der Waals surface area contributed by atoms with E-state index in [0.717, 1.165) is 5.69 Å². The first-order valence-corrected chi connectivity index (χ1v) is 7.45. The quantitative estimate of drug-likeness (QED) is 0.834. The molecular formula is C13H15N3O4S. The van der Waals surface area contributed by atoms with Gasteiger partial charge in [0.2, 0.25) is 0 Å². The molecule has 0 amide bonds. The normalized spacial score (nSPS) is 23.0. The standard InChI is InChI=1S/C13H15N3O4S/c1-7-6-21-13-14-8(2-11(18)16(7)13)4-15-5-9(17)3-10(15)12(19)20/h2,6,9-10,17H,3-5H2,1H3,(H,19,20). The van der Waals surface area contributed by atoms with Crippen LogP contribution in [-0.4, -0.2) is 49.2 Å². The smallest absolute Gasteiger partial charge is 0.321 e. The van der Waals surface area contributed by atoms with E-state index >= 15 is 0 Å². The summed E-state index contributed by atoms with van der Waals surface area (Å²) in [5.41, 5.74) is 1.20. The van der Waals surface area contributed by atoms with Gasteiger partial charge in [-0.25, -0.2) is 4.98 Å². The number of nitrogens with zero attached hydrogens (tertiary/aromatic N) is 3. The molecular weight excluding hydrogens is 294 g/mol. The number of hydrogen-bond acceptors (Lipinski definition) is 6. The number of fused-ring (bicyclic) bond motifs is 1. The fourth-order valence-electron chi connectivity index (χ4n) is 2.70. The molecule has 3 heterocycles. The van der Waals surface area contributed by atoms with Crippen molar-refractivity contribution in [3.63, 3.8) is 0 Å². The van der Waals surface area contributed by atoms with E-state index in [1.54, 1.807) is 4.90 Å². The number of likely N-dealkylation sites (tertiary alicyclic amines) is 1. The highest BCUT2D eigenvalue weighted by Gasteiger charge is 2.36. The number of carbonyl (C=O) groups is 1. The Morgan fingerprint density at radius 2 is 2.33 bits per heavy atom. The molecule has 21 heavy (non-hydrogen) atoms. The van der Waals surface area contributed by atoms with Gasteiger partial charge in [-0.3, -0.25) is 18.9 Å². The number of aliphatic hydroxyl groups is 1. The zero-order valence-electron chi connectivity index (χ0n) is 11.4. The largest absolute Gasteiger partial charge is 0.480 e. The van der Waals surface area contributed by atoms with E-state index in [1.165, 1.54) is 21.8 Å². The Labute approximate surface area is 124 Å². The van der Waals surface area contributed by atoms with Gasteiger partial charge in [0.1, 0.15) is 6.04 Å². The predicted molar refractivity (Wildman–Crippen MR) is 76.5 cm³/mol. The highest BCUT2D eigenvalue weighted by Crippen LogP contribution is 2.20. The maximum Gasteiger partial charge on any atom is 0.321 e. The molecule has 0 spiro atoms. The van der Waals surface area contributed by atoms with Crippen molar-refractivity contribution in [2.45, 2.75) is 32.0 Å². The van der Waals surface area contributed by atoms with Gasteiger partial charge in [0, 0.05) is 36.7 Å². The molecule has 2 atom stereocenters. The van der Waals surface area contributed by atoms with Crippen molar-refractivity contribution in [1.29, 1.82) is 0 Å². The van der Waals surface area contributed by atoms with Crippen molar-refractivity contribution in [2.75, 3.05) is 6.54 Å².